The average molecular weight is 205 g/mol. The first-order valence-corrected chi connectivity index (χ1v) is 4.89. The van der Waals surface area contributed by atoms with Crippen LogP contribution in [-0.2, 0) is 5.41 Å². The van der Waals surface area contributed by atoms with Crippen LogP contribution >= 0.6 is 0 Å². The molecule has 0 unspecified atom stereocenters. The summed E-state index contributed by atoms with van der Waals surface area (Å²) in [6, 6.07) is 5.36. The van der Waals surface area contributed by atoms with E-state index in [0.717, 1.165) is 24.0 Å². The van der Waals surface area contributed by atoms with Crippen molar-refractivity contribution in [1.82, 2.24) is 0 Å². The minimum atomic E-state index is -0.433. The average Bonchev–Trinajstić information content (AvgIpc) is 3.01. The molecule has 0 amide bonds. The summed E-state index contributed by atoms with van der Waals surface area (Å²) < 4.78 is 18.4. The Balaban J connectivity index is 2.51. The lowest BCUT2D eigenvalue weighted by Gasteiger charge is -2.12. The lowest BCUT2D eigenvalue weighted by atomic mass is 9.93. The van der Waals surface area contributed by atoms with Crippen LogP contribution in [0.2, 0.25) is 0 Å². The van der Waals surface area contributed by atoms with Crippen molar-refractivity contribution in [3.8, 4) is 11.8 Å². The Kier molecular flexibility index (Phi) is 2.15. The number of ether oxygens (including phenoxy) is 1. The summed E-state index contributed by atoms with van der Waals surface area (Å²) in [4.78, 5) is 0. The molecule has 0 aromatic heterocycles. The molecule has 0 aliphatic heterocycles. The molecule has 1 saturated carbocycles. The Morgan fingerprint density at radius 3 is 2.60 bits per heavy atom. The largest absolute Gasteiger partial charge is 0.494 e. The van der Waals surface area contributed by atoms with Gasteiger partial charge in [0, 0.05) is 0 Å². The van der Waals surface area contributed by atoms with Crippen LogP contribution in [0.15, 0.2) is 12.1 Å². The number of hydrogen-bond donors (Lipinski definition) is 0. The van der Waals surface area contributed by atoms with Crippen LogP contribution in [0.3, 0.4) is 0 Å². The van der Waals surface area contributed by atoms with Crippen molar-refractivity contribution < 1.29 is 9.13 Å². The van der Waals surface area contributed by atoms with Gasteiger partial charge in [0.2, 0.25) is 0 Å². The summed E-state index contributed by atoms with van der Waals surface area (Å²) in [6.45, 7) is 1.88. The van der Waals surface area contributed by atoms with E-state index in [0.29, 0.717) is 0 Å². The van der Waals surface area contributed by atoms with E-state index in [2.05, 4.69) is 6.07 Å². The first kappa shape index (κ1) is 9.97. The third-order valence-corrected chi connectivity index (χ3v) is 2.98. The molecule has 78 valence electrons. The molecule has 1 aromatic rings. The SMILES string of the molecule is COc1cc(C)c(C2(C#N)CC2)cc1F. The van der Waals surface area contributed by atoms with Gasteiger partial charge in [-0.3, -0.25) is 0 Å². The monoisotopic (exact) mass is 205 g/mol. The molecule has 1 fully saturated rings. The van der Waals surface area contributed by atoms with Gasteiger partial charge in [0.1, 0.15) is 0 Å². The molecule has 0 saturated heterocycles. The Morgan fingerprint density at radius 1 is 1.47 bits per heavy atom. The van der Waals surface area contributed by atoms with E-state index < -0.39 is 5.41 Å². The topological polar surface area (TPSA) is 33.0 Å². The van der Waals surface area contributed by atoms with Gasteiger partial charge in [0.05, 0.1) is 18.6 Å². The summed E-state index contributed by atoms with van der Waals surface area (Å²) >= 11 is 0. The molecule has 0 N–H and O–H groups in total. The van der Waals surface area contributed by atoms with Gasteiger partial charge >= 0.3 is 0 Å². The zero-order valence-electron chi connectivity index (χ0n) is 8.80. The van der Waals surface area contributed by atoms with Crippen LogP contribution in [0.25, 0.3) is 0 Å². The van der Waals surface area contributed by atoms with Gasteiger partial charge in [-0.1, -0.05) is 0 Å². The quantitative estimate of drug-likeness (QED) is 0.743. The van der Waals surface area contributed by atoms with Crippen molar-refractivity contribution in [3.05, 3.63) is 29.1 Å². The van der Waals surface area contributed by atoms with Crippen molar-refractivity contribution in [2.45, 2.75) is 25.2 Å². The second-order valence-corrected chi connectivity index (χ2v) is 4.00. The Hall–Kier alpha value is -1.56. The molecular formula is C12H12FNO. The molecule has 0 bridgehead atoms. The van der Waals surface area contributed by atoms with Crippen LogP contribution in [0, 0.1) is 24.1 Å². The smallest absolute Gasteiger partial charge is 0.165 e. The predicted octanol–water partition coefficient (Wildman–Crippen LogP) is 2.70. The molecule has 2 rings (SSSR count). The molecule has 0 spiro atoms. The van der Waals surface area contributed by atoms with Crippen molar-refractivity contribution in [3.63, 3.8) is 0 Å². The number of hydrogen-bond acceptors (Lipinski definition) is 2. The van der Waals surface area contributed by atoms with Crippen LogP contribution in [-0.4, -0.2) is 7.11 Å². The summed E-state index contributed by atoms with van der Waals surface area (Å²) in [5.74, 6) is -0.149. The lowest BCUT2D eigenvalue weighted by molar-refractivity contribution is 0.385. The second kappa shape index (κ2) is 3.23. The highest BCUT2D eigenvalue weighted by Crippen LogP contribution is 2.49. The van der Waals surface area contributed by atoms with E-state index in [4.69, 9.17) is 10.00 Å². The van der Waals surface area contributed by atoms with E-state index in [1.807, 2.05) is 6.92 Å². The van der Waals surface area contributed by atoms with Crippen LogP contribution in [0.1, 0.15) is 24.0 Å². The molecule has 0 radical (unpaired) electrons. The molecule has 0 heterocycles. The summed E-state index contributed by atoms with van der Waals surface area (Å²) in [6.07, 6.45) is 1.66. The van der Waals surface area contributed by atoms with E-state index in [9.17, 15) is 4.39 Å². The molecule has 2 nitrogen and oxygen atoms in total. The number of aryl methyl sites for hydroxylation is 1. The maximum Gasteiger partial charge on any atom is 0.165 e. The fourth-order valence-electron chi connectivity index (χ4n) is 1.89. The normalized spacial score (nSPS) is 16.9. The fourth-order valence-corrected chi connectivity index (χ4v) is 1.89. The van der Waals surface area contributed by atoms with Crippen LogP contribution < -0.4 is 4.74 Å². The van der Waals surface area contributed by atoms with Crippen molar-refractivity contribution in [2.75, 3.05) is 7.11 Å². The first-order chi connectivity index (χ1) is 7.13. The molecule has 1 aliphatic rings. The van der Waals surface area contributed by atoms with Gasteiger partial charge in [0.15, 0.2) is 11.6 Å². The van der Waals surface area contributed by atoms with Gasteiger partial charge in [-0.2, -0.15) is 5.26 Å². The van der Waals surface area contributed by atoms with Gasteiger partial charge in [-0.25, -0.2) is 4.39 Å². The van der Waals surface area contributed by atoms with Gasteiger partial charge in [-0.05, 0) is 43.0 Å². The third-order valence-electron chi connectivity index (χ3n) is 2.98. The van der Waals surface area contributed by atoms with Gasteiger partial charge < -0.3 is 4.74 Å². The zero-order valence-corrected chi connectivity index (χ0v) is 8.80. The van der Waals surface area contributed by atoms with Crippen LogP contribution in [0.5, 0.6) is 5.75 Å². The number of rotatable bonds is 2. The van der Waals surface area contributed by atoms with Crippen molar-refractivity contribution in [2.24, 2.45) is 0 Å². The van der Waals surface area contributed by atoms with E-state index >= 15 is 0 Å². The number of nitrogens with zero attached hydrogens (tertiary/aromatic N) is 1. The van der Waals surface area contributed by atoms with E-state index in [-0.39, 0.29) is 11.6 Å². The number of methoxy groups -OCH3 is 1. The molecule has 15 heavy (non-hydrogen) atoms. The molecule has 1 aromatic carbocycles. The van der Waals surface area contributed by atoms with Crippen LogP contribution in [0.4, 0.5) is 4.39 Å². The highest BCUT2D eigenvalue weighted by atomic mass is 19.1. The predicted molar refractivity (Wildman–Crippen MR) is 54.2 cm³/mol. The van der Waals surface area contributed by atoms with Gasteiger partial charge in [0.25, 0.3) is 0 Å². The Bertz CT molecular complexity index is 444. The number of halogens is 1. The molecule has 1 aliphatic carbocycles. The molecule has 3 heteroatoms. The third kappa shape index (κ3) is 1.46. The highest BCUT2D eigenvalue weighted by molar-refractivity contribution is 5.47. The number of nitriles is 1. The molecular weight excluding hydrogens is 193 g/mol. The fraction of sp³-hybridized carbons (Fsp3) is 0.417. The zero-order chi connectivity index (χ0) is 11.1. The summed E-state index contributed by atoms with van der Waals surface area (Å²) in [5, 5.41) is 9.05. The molecule has 0 atom stereocenters. The number of benzene rings is 1. The maximum atomic E-state index is 13.5. The van der Waals surface area contributed by atoms with E-state index in [1.54, 1.807) is 6.07 Å². The summed E-state index contributed by atoms with van der Waals surface area (Å²) in [7, 11) is 1.44. The Morgan fingerprint density at radius 2 is 2.13 bits per heavy atom. The minimum absolute atomic E-state index is 0.241. The Labute approximate surface area is 88.3 Å². The van der Waals surface area contributed by atoms with Gasteiger partial charge in [-0.15, -0.1) is 0 Å². The first-order valence-electron chi connectivity index (χ1n) is 4.89. The lowest BCUT2D eigenvalue weighted by Crippen LogP contribution is -2.06. The van der Waals surface area contributed by atoms with E-state index in [1.165, 1.54) is 13.2 Å². The van der Waals surface area contributed by atoms with Crippen molar-refractivity contribution >= 4 is 0 Å². The van der Waals surface area contributed by atoms with Crippen molar-refractivity contribution in [1.29, 1.82) is 5.26 Å². The minimum Gasteiger partial charge on any atom is -0.494 e. The summed E-state index contributed by atoms with van der Waals surface area (Å²) in [5.41, 5.74) is 1.30. The standard InChI is InChI=1S/C12H12FNO/c1-8-5-11(15-2)10(13)6-9(8)12(7-14)3-4-12/h5-6H,3-4H2,1-2H3. The highest BCUT2D eigenvalue weighted by Gasteiger charge is 2.46. The second-order valence-electron chi connectivity index (χ2n) is 4.00. The maximum absolute atomic E-state index is 13.5.